The molecule has 0 aliphatic heterocycles. The molecular weight excluding hydrogens is 284 g/mol. The average molecular weight is 295 g/mol. The first kappa shape index (κ1) is 13.8. The number of aromatic nitrogens is 2. The summed E-state index contributed by atoms with van der Waals surface area (Å²) >= 11 is 6.58. The van der Waals surface area contributed by atoms with Crippen LogP contribution in [-0.4, -0.2) is 15.4 Å². The molecule has 0 unspecified atom stereocenters. The highest BCUT2D eigenvalue weighted by atomic mass is 35.5. The molecule has 0 bridgehead atoms. The van der Waals surface area contributed by atoms with Crippen molar-refractivity contribution in [3.63, 3.8) is 0 Å². The number of benzene rings is 1. The van der Waals surface area contributed by atoms with E-state index in [0.29, 0.717) is 10.9 Å². The number of carbonyl (C=O) groups is 1. The number of halogens is 1. The molecule has 0 amide bonds. The fourth-order valence-corrected chi connectivity index (χ4v) is 2.46. The van der Waals surface area contributed by atoms with Gasteiger partial charge in [0.25, 0.3) is 0 Å². The summed E-state index contributed by atoms with van der Waals surface area (Å²) < 4.78 is 4.74. The Morgan fingerprint density at radius 3 is 2.26 bits per heavy atom. The second kappa shape index (κ2) is 6.04. The highest BCUT2D eigenvalue weighted by molar-refractivity contribution is 7.99. The van der Waals surface area contributed by atoms with Gasteiger partial charge >= 0.3 is 5.43 Å². The Kier molecular flexibility index (Phi) is 4.39. The maximum Gasteiger partial charge on any atom is 0.409 e. The number of ether oxygens (including phenoxy) is 1. The van der Waals surface area contributed by atoms with E-state index in [9.17, 15) is 4.79 Å². The third-order valence-corrected chi connectivity index (χ3v) is 3.14. The van der Waals surface area contributed by atoms with Crippen LogP contribution in [0.4, 0.5) is 4.79 Å². The summed E-state index contributed by atoms with van der Waals surface area (Å²) in [6.07, 6.45) is 0. The standard InChI is InChI=1S/C13H11ClN2O2S/c1-8-7-9(2)16-13(15-8)19-11-5-3-10(4-6-11)18-12(14)17/h3-7H,1-2H3. The van der Waals surface area contributed by atoms with Gasteiger partial charge in [0, 0.05) is 27.9 Å². The Labute approximate surface area is 120 Å². The normalized spacial score (nSPS) is 10.3. The first-order valence-electron chi connectivity index (χ1n) is 5.50. The van der Waals surface area contributed by atoms with E-state index in [0.717, 1.165) is 16.3 Å². The van der Waals surface area contributed by atoms with Crippen molar-refractivity contribution in [2.45, 2.75) is 23.9 Å². The quantitative estimate of drug-likeness (QED) is 0.633. The number of hydrogen-bond donors (Lipinski definition) is 0. The molecule has 0 aliphatic rings. The van der Waals surface area contributed by atoms with Crippen LogP contribution >= 0.6 is 23.4 Å². The van der Waals surface area contributed by atoms with Gasteiger partial charge in [-0.2, -0.15) is 0 Å². The zero-order chi connectivity index (χ0) is 13.8. The fraction of sp³-hybridized carbons (Fsp3) is 0.154. The van der Waals surface area contributed by atoms with Crippen LogP contribution in [0.1, 0.15) is 11.4 Å². The zero-order valence-corrected chi connectivity index (χ0v) is 12.0. The molecule has 4 nitrogen and oxygen atoms in total. The Morgan fingerprint density at radius 1 is 1.16 bits per heavy atom. The van der Waals surface area contributed by atoms with Crippen LogP contribution in [0.2, 0.25) is 0 Å². The van der Waals surface area contributed by atoms with Crippen molar-refractivity contribution in [1.29, 1.82) is 0 Å². The molecule has 0 aliphatic carbocycles. The minimum absolute atomic E-state index is 0.408. The second-order valence-corrected chi connectivity index (χ2v) is 5.20. The van der Waals surface area contributed by atoms with E-state index in [4.69, 9.17) is 16.3 Å². The number of hydrogen-bond acceptors (Lipinski definition) is 5. The average Bonchev–Trinajstić information content (AvgIpc) is 2.29. The molecule has 0 spiro atoms. The summed E-state index contributed by atoms with van der Waals surface area (Å²) in [4.78, 5) is 20.2. The van der Waals surface area contributed by atoms with E-state index >= 15 is 0 Å². The lowest BCUT2D eigenvalue weighted by atomic mass is 10.3. The Bertz CT molecular complexity index is 582. The minimum Gasteiger partial charge on any atom is -0.415 e. The van der Waals surface area contributed by atoms with Crippen LogP contribution in [0.25, 0.3) is 0 Å². The molecule has 0 saturated heterocycles. The molecule has 1 aromatic heterocycles. The van der Waals surface area contributed by atoms with Crippen molar-refractivity contribution in [2.24, 2.45) is 0 Å². The largest absolute Gasteiger partial charge is 0.415 e. The monoisotopic (exact) mass is 294 g/mol. The molecule has 1 aromatic carbocycles. The summed E-state index contributed by atoms with van der Waals surface area (Å²) in [7, 11) is 0. The summed E-state index contributed by atoms with van der Waals surface area (Å²) in [6, 6.07) is 8.91. The van der Waals surface area contributed by atoms with Crippen molar-refractivity contribution in [1.82, 2.24) is 9.97 Å². The van der Waals surface area contributed by atoms with E-state index in [-0.39, 0.29) is 0 Å². The number of nitrogens with zero attached hydrogens (tertiary/aromatic N) is 2. The molecule has 1 heterocycles. The van der Waals surface area contributed by atoms with Crippen molar-refractivity contribution in [3.05, 3.63) is 41.7 Å². The highest BCUT2D eigenvalue weighted by Crippen LogP contribution is 2.26. The number of rotatable bonds is 3. The van der Waals surface area contributed by atoms with E-state index in [1.807, 2.05) is 32.0 Å². The van der Waals surface area contributed by atoms with E-state index in [1.54, 1.807) is 12.1 Å². The zero-order valence-electron chi connectivity index (χ0n) is 10.4. The third-order valence-electron chi connectivity index (χ3n) is 2.19. The van der Waals surface area contributed by atoms with Crippen LogP contribution < -0.4 is 4.74 Å². The van der Waals surface area contributed by atoms with Gasteiger partial charge in [-0.25, -0.2) is 14.8 Å². The van der Waals surface area contributed by atoms with Gasteiger partial charge in [-0.15, -0.1) is 0 Å². The second-order valence-electron chi connectivity index (χ2n) is 3.85. The van der Waals surface area contributed by atoms with Gasteiger partial charge in [-0.3, -0.25) is 0 Å². The SMILES string of the molecule is Cc1cc(C)nc(Sc2ccc(OC(=O)Cl)cc2)n1. The van der Waals surface area contributed by atoms with Gasteiger partial charge in [-0.05, 0) is 55.9 Å². The lowest BCUT2D eigenvalue weighted by molar-refractivity contribution is 0.225. The summed E-state index contributed by atoms with van der Waals surface area (Å²) in [5.41, 5.74) is 1.02. The number of aryl methyl sites for hydroxylation is 2. The van der Waals surface area contributed by atoms with Gasteiger partial charge in [0.05, 0.1) is 0 Å². The first-order valence-corrected chi connectivity index (χ1v) is 6.70. The summed E-state index contributed by atoms with van der Waals surface area (Å²) in [6.45, 7) is 3.86. The molecule has 98 valence electrons. The van der Waals surface area contributed by atoms with Crippen LogP contribution in [0.3, 0.4) is 0 Å². The molecule has 19 heavy (non-hydrogen) atoms. The van der Waals surface area contributed by atoms with Crippen molar-refractivity contribution in [3.8, 4) is 5.75 Å². The van der Waals surface area contributed by atoms with E-state index in [1.165, 1.54) is 11.8 Å². The van der Waals surface area contributed by atoms with Gasteiger partial charge in [0.2, 0.25) is 0 Å². The summed E-state index contributed by atoms with van der Waals surface area (Å²) in [5, 5.41) is 0.694. The van der Waals surface area contributed by atoms with E-state index < -0.39 is 5.43 Å². The molecular formula is C13H11ClN2O2S. The van der Waals surface area contributed by atoms with Crippen molar-refractivity contribution in [2.75, 3.05) is 0 Å². The maximum absolute atomic E-state index is 10.6. The number of carbonyl (C=O) groups excluding carboxylic acids is 1. The highest BCUT2D eigenvalue weighted by Gasteiger charge is 2.04. The molecule has 2 rings (SSSR count). The van der Waals surface area contributed by atoms with Crippen molar-refractivity contribution < 1.29 is 9.53 Å². The Hall–Kier alpha value is -1.59. The fourth-order valence-electron chi connectivity index (χ4n) is 1.51. The van der Waals surface area contributed by atoms with Crippen LogP contribution in [0.15, 0.2) is 40.4 Å². The molecule has 0 N–H and O–H groups in total. The topological polar surface area (TPSA) is 52.1 Å². The third kappa shape index (κ3) is 4.22. The summed E-state index contributed by atoms with van der Waals surface area (Å²) in [5.74, 6) is 0.408. The van der Waals surface area contributed by atoms with Gasteiger partial charge in [0.1, 0.15) is 5.75 Å². The van der Waals surface area contributed by atoms with Crippen LogP contribution in [0.5, 0.6) is 5.75 Å². The molecule has 0 radical (unpaired) electrons. The maximum atomic E-state index is 10.6. The van der Waals surface area contributed by atoms with Crippen LogP contribution in [0, 0.1) is 13.8 Å². The van der Waals surface area contributed by atoms with Gasteiger partial charge in [-0.1, -0.05) is 0 Å². The molecule has 0 atom stereocenters. The van der Waals surface area contributed by atoms with Crippen molar-refractivity contribution >= 4 is 28.8 Å². The van der Waals surface area contributed by atoms with Gasteiger partial charge < -0.3 is 4.74 Å². The van der Waals surface area contributed by atoms with E-state index in [2.05, 4.69) is 9.97 Å². The smallest absolute Gasteiger partial charge is 0.409 e. The molecule has 0 fully saturated rings. The van der Waals surface area contributed by atoms with Crippen LogP contribution in [-0.2, 0) is 0 Å². The Morgan fingerprint density at radius 2 is 1.74 bits per heavy atom. The first-order chi connectivity index (χ1) is 9.02. The predicted octanol–water partition coefficient (Wildman–Crippen LogP) is 3.98. The predicted molar refractivity (Wildman–Crippen MR) is 73.9 cm³/mol. The molecule has 6 heteroatoms. The Balaban J connectivity index is 2.12. The van der Waals surface area contributed by atoms with Gasteiger partial charge in [0.15, 0.2) is 5.16 Å². The minimum atomic E-state index is -0.849. The molecule has 2 aromatic rings. The lowest BCUT2D eigenvalue weighted by Gasteiger charge is -2.04. The lowest BCUT2D eigenvalue weighted by Crippen LogP contribution is -1.95. The molecule has 0 saturated carbocycles.